The third kappa shape index (κ3) is 1.68. The molecule has 0 amide bonds. The second kappa shape index (κ2) is 3.93. The van der Waals surface area contributed by atoms with Crippen molar-refractivity contribution in [2.45, 2.75) is 0 Å². The Labute approximate surface area is 90.9 Å². The number of hydrogen-bond acceptors (Lipinski definition) is 5. The van der Waals surface area contributed by atoms with E-state index in [-0.39, 0.29) is 11.4 Å². The predicted molar refractivity (Wildman–Crippen MR) is 58.5 cm³/mol. The molecule has 0 saturated heterocycles. The Bertz CT molecular complexity index is 528. The van der Waals surface area contributed by atoms with Gasteiger partial charge in [-0.2, -0.15) is 0 Å². The van der Waals surface area contributed by atoms with Crippen LogP contribution in [0.3, 0.4) is 0 Å². The lowest BCUT2D eigenvalue weighted by Gasteiger charge is -2.04. The molecule has 0 unspecified atom stereocenters. The van der Waals surface area contributed by atoms with Crippen LogP contribution in [0, 0.1) is 10.1 Å². The Morgan fingerprint density at radius 3 is 2.69 bits per heavy atom. The molecule has 2 heterocycles. The smallest absolute Gasteiger partial charge is 0.310 e. The molecule has 0 saturated carbocycles. The first-order valence-electron chi connectivity index (χ1n) is 4.48. The molecule has 6 heteroatoms. The van der Waals surface area contributed by atoms with Crippen molar-refractivity contribution in [3.05, 3.63) is 47.0 Å². The minimum atomic E-state index is -0.553. The zero-order valence-corrected chi connectivity index (χ0v) is 8.20. The highest BCUT2D eigenvalue weighted by molar-refractivity contribution is 5.80. The van der Waals surface area contributed by atoms with Crippen molar-refractivity contribution in [2.75, 3.05) is 5.73 Å². The fourth-order valence-corrected chi connectivity index (χ4v) is 1.36. The molecule has 0 aromatic carbocycles. The van der Waals surface area contributed by atoms with Crippen LogP contribution < -0.4 is 5.73 Å². The first-order valence-corrected chi connectivity index (χ1v) is 4.48. The van der Waals surface area contributed by atoms with Crippen LogP contribution in [0.5, 0.6) is 0 Å². The summed E-state index contributed by atoms with van der Waals surface area (Å²) in [6.07, 6.45) is 5.82. The van der Waals surface area contributed by atoms with Gasteiger partial charge in [-0.05, 0) is 6.07 Å². The quantitative estimate of drug-likeness (QED) is 0.608. The standard InChI is InChI=1S/C10H8N4O2/c11-10-8(7-2-1-3-12-4-7)5-13-6-9(10)14(15)16/h1-6H,(H2,11,13). The molecular formula is C10H8N4O2. The van der Waals surface area contributed by atoms with Gasteiger partial charge >= 0.3 is 5.69 Å². The fourth-order valence-electron chi connectivity index (χ4n) is 1.36. The van der Waals surface area contributed by atoms with Crippen LogP contribution in [0.1, 0.15) is 0 Å². The Balaban J connectivity index is 2.59. The number of nitro groups is 1. The van der Waals surface area contributed by atoms with Crippen molar-refractivity contribution < 1.29 is 4.92 Å². The Morgan fingerprint density at radius 1 is 1.25 bits per heavy atom. The molecule has 0 atom stereocenters. The first kappa shape index (κ1) is 10.0. The van der Waals surface area contributed by atoms with Crippen LogP contribution >= 0.6 is 0 Å². The lowest BCUT2D eigenvalue weighted by Crippen LogP contribution is -1.99. The van der Waals surface area contributed by atoms with E-state index in [0.717, 1.165) is 6.20 Å². The number of pyridine rings is 2. The molecule has 80 valence electrons. The Kier molecular flexibility index (Phi) is 2.47. The zero-order valence-electron chi connectivity index (χ0n) is 8.20. The molecular weight excluding hydrogens is 208 g/mol. The van der Waals surface area contributed by atoms with E-state index in [2.05, 4.69) is 9.97 Å². The molecule has 2 rings (SSSR count). The van der Waals surface area contributed by atoms with Crippen LogP contribution in [0.15, 0.2) is 36.9 Å². The van der Waals surface area contributed by atoms with Crippen LogP contribution in [0.25, 0.3) is 11.1 Å². The predicted octanol–water partition coefficient (Wildman–Crippen LogP) is 1.63. The van der Waals surface area contributed by atoms with E-state index >= 15 is 0 Å². The molecule has 2 aromatic rings. The number of rotatable bonds is 2. The molecule has 0 spiro atoms. The second-order valence-corrected chi connectivity index (χ2v) is 3.12. The van der Waals surface area contributed by atoms with Crippen molar-refractivity contribution in [1.82, 2.24) is 9.97 Å². The van der Waals surface area contributed by atoms with Crippen LogP contribution in [-0.4, -0.2) is 14.9 Å². The van der Waals surface area contributed by atoms with Gasteiger partial charge in [-0.1, -0.05) is 6.07 Å². The summed E-state index contributed by atoms with van der Waals surface area (Å²) in [6.45, 7) is 0. The van der Waals surface area contributed by atoms with Gasteiger partial charge in [-0.3, -0.25) is 20.1 Å². The van der Waals surface area contributed by atoms with Crippen LogP contribution in [0.2, 0.25) is 0 Å². The van der Waals surface area contributed by atoms with Crippen molar-refractivity contribution in [3.8, 4) is 11.1 Å². The van der Waals surface area contributed by atoms with E-state index in [4.69, 9.17) is 5.73 Å². The minimum absolute atomic E-state index is 0.105. The molecule has 0 aliphatic heterocycles. The number of nitrogen functional groups attached to an aromatic ring is 1. The summed E-state index contributed by atoms with van der Waals surface area (Å²) in [5.74, 6) is 0. The molecule has 2 aromatic heterocycles. The first-order chi connectivity index (χ1) is 7.70. The number of hydrogen-bond donors (Lipinski definition) is 1. The molecule has 6 nitrogen and oxygen atoms in total. The van der Waals surface area contributed by atoms with Gasteiger partial charge in [0.05, 0.1) is 4.92 Å². The van der Waals surface area contributed by atoms with E-state index in [1.54, 1.807) is 24.5 Å². The molecule has 0 aliphatic rings. The lowest BCUT2D eigenvalue weighted by atomic mass is 10.1. The van der Waals surface area contributed by atoms with Gasteiger partial charge in [0.1, 0.15) is 11.9 Å². The average molecular weight is 216 g/mol. The van der Waals surface area contributed by atoms with Gasteiger partial charge in [0.25, 0.3) is 0 Å². The highest BCUT2D eigenvalue weighted by Crippen LogP contribution is 2.30. The number of nitrogens with zero attached hydrogens (tertiary/aromatic N) is 3. The fraction of sp³-hybridized carbons (Fsp3) is 0. The van der Waals surface area contributed by atoms with Crippen LogP contribution in [0.4, 0.5) is 11.4 Å². The maximum atomic E-state index is 10.7. The summed E-state index contributed by atoms with van der Waals surface area (Å²) in [6, 6.07) is 3.50. The molecule has 16 heavy (non-hydrogen) atoms. The van der Waals surface area contributed by atoms with E-state index in [9.17, 15) is 10.1 Å². The minimum Gasteiger partial charge on any atom is -0.393 e. The van der Waals surface area contributed by atoms with E-state index in [1.807, 2.05) is 0 Å². The third-order valence-electron chi connectivity index (χ3n) is 2.14. The average Bonchev–Trinajstić information content (AvgIpc) is 2.30. The second-order valence-electron chi connectivity index (χ2n) is 3.12. The van der Waals surface area contributed by atoms with Crippen LogP contribution in [-0.2, 0) is 0 Å². The van der Waals surface area contributed by atoms with E-state index in [1.165, 1.54) is 6.20 Å². The molecule has 0 radical (unpaired) electrons. The summed E-state index contributed by atoms with van der Waals surface area (Å²) in [7, 11) is 0. The van der Waals surface area contributed by atoms with Crippen molar-refractivity contribution in [3.63, 3.8) is 0 Å². The monoisotopic (exact) mass is 216 g/mol. The zero-order chi connectivity index (χ0) is 11.5. The summed E-state index contributed by atoms with van der Waals surface area (Å²) < 4.78 is 0. The van der Waals surface area contributed by atoms with Crippen molar-refractivity contribution in [2.24, 2.45) is 0 Å². The highest BCUT2D eigenvalue weighted by Gasteiger charge is 2.16. The molecule has 2 N–H and O–H groups in total. The lowest BCUT2D eigenvalue weighted by molar-refractivity contribution is -0.384. The van der Waals surface area contributed by atoms with Gasteiger partial charge in [0.15, 0.2) is 0 Å². The van der Waals surface area contributed by atoms with E-state index in [0.29, 0.717) is 11.1 Å². The Morgan fingerprint density at radius 2 is 2.06 bits per heavy atom. The largest absolute Gasteiger partial charge is 0.393 e. The number of anilines is 1. The Hall–Kier alpha value is -2.50. The van der Waals surface area contributed by atoms with Gasteiger partial charge in [0.2, 0.25) is 0 Å². The SMILES string of the molecule is Nc1c(-c2cccnc2)cncc1[N+](=O)[O-]. The topological polar surface area (TPSA) is 94.9 Å². The number of nitrogens with two attached hydrogens (primary N) is 1. The molecule has 0 aliphatic carbocycles. The summed E-state index contributed by atoms with van der Waals surface area (Å²) >= 11 is 0. The molecule has 0 bridgehead atoms. The highest BCUT2D eigenvalue weighted by atomic mass is 16.6. The third-order valence-corrected chi connectivity index (χ3v) is 2.14. The normalized spacial score (nSPS) is 10.0. The van der Waals surface area contributed by atoms with Gasteiger partial charge in [0, 0.05) is 29.7 Å². The van der Waals surface area contributed by atoms with Gasteiger partial charge in [-0.15, -0.1) is 0 Å². The van der Waals surface area contributed by atoms with Crippen molar-refractivity contribution in [1.29, 1.82) is 0 Å². The summed E-state index contributed by atoms with van der Waals surface area (Å²) in [4.78, 5) is 17.8. The van der Waals surface area contributed by atoms with E-state index < -0.39 is 4.92 Å². The summed E-state index contributed by atoms with van der Waals surface area (Å²) in [5, 5.41) is 10.7. The van der Waals surface area contributed by atoms with Gasteiger partial charge in [-0.25, -0.2) is 0 Å². The molecule has 0 fully saturated rings. The van der Waals surface area contributed by atoms with Gasteiger partial charge < -0.3 is 5.73 Å². The number of aromatic nitrogens is 2. The van der Waals surface area contributed by atoms with Crippen molar-refractivity contribution >= 4 is 11.4 Å². The summed E-state index contributed by atoms with van der Waals surface area (Å²) in [5.41, 5.74) is 6.84. The maximum absolute atomic E-state index is 10.7. The maximum Gasteiger partial charge on any atom is 0.310 e.